The quantitative estimate of drug-likeness (QED) is 0.541. The van der Waals surface area contributed by atoms with E-state index in [4.69, 9.17) is 4.42 Å². The van der Waals surface area contributed by atoms with E-state index in [0.717, 1.165) is 41.3 Å². The van der Waals surface area contributed by atoms with Crippen LogP contribution in [0.15, 0.2) is 44.8 Å². The average Bonchev–Trinajstić information content (AvgIpc) is 3.08. The summed E-state index contributed by atoms with van der Waals surface area (Å²) in [6.45, 7) is 2.02. The van der Waals surface area contributed by atoms with Crippen LogP contribution in [0.3, 0.4) is 0 Å². The maximum Gasteiger partial charge on any atom is 0.262 e. The second kappa shape index (κ2) is 8.37. The summed E-state index contributed by atoms with van der Waals surface area (Å²) >= 11 is 3.54. The highest BCUT2D eigenvalue weighted by Crippen LogP contribution is 2.31. The standard InChI is InChI=1S/C21H21BrN2O2/c1-14-7-9-18(19(22)11-14)20-10-8-17(26-20)12-15(13-23)21(25)24-16-5-3-2-4-6-16/h7-12,16H,2-6H2,1H3,(H,24,25)/b15-12+. The molecule has 134 valence electrons. The highest BCUT2D eigenvalue weighted by molar-refractivity contribution is 9.10. The second-order valence-electron chi connectivity index (χ2n) is 6.66. The summed E-state index contributed by atoms with van der Waals surface area (Å²) in [5.41, 5.74) is 2.15. The first-order chi connectivity index (χ1) is 12.6. The third kappa shape index (κ3) is 4.44. The van der Waals surface area contributed by atoms with E-state index in [1.165, 1.54) is 12.5 Å². The van der Waals surface area contributed by atoms with Gasteiger partial charge in [0.1, 0.15) is 23.2 Å². The number of hydrogen-bond acceptors (Lipinski definition) is 3. The minimum absolute atomic E-state index is 0.0689. The molecule has 1 aromatic heterocycles. The molecule has 1 N–H and O–H groups in total. The van der Waals surface area contributed by atoms with Crippen molar-refractivity contribution in [2.45, 2.75) is 45.1 Å². The maximum absolute atomic E-state index is 12.4. The zero-order valence-electron chi connectivity index (χ0n) is 14.7. The summed E-state index contributed by atoms with van der Waals surface area (Å²) in [6.07, 6.45) is 6.95. The minimum Gasteiger partial charge on any atom is -0.457 e. The Hall–Kier alpha value is -2.32. The van der Waals surface area contributed by atoms with Gasteiger partial charge in [0, 0.05) is 22.2 Å². The molecule has 1 aliphatic carbocycles. The van der Waals surface area contributed by atoms with Crippen molar-refractivity contribution in [3.8, 4) is 17.4 Å². The first-order valence-electron chi connectivity index (χ1n) is 8.86. The molecule has 0 spiro atoms. The summed E-state index contributed by atoms with van der Waals surface area (Å²) in [5.74, 6) is 0.852. The molecule has 0 saturated heterocycles. The van der Waals surface area contributed by atoms with Crippen molar-refractivity contribution in [3.63, 3.8) is 0 Å². The van der Waals surface area contributed by atoms with E-state index in [-0.39, 0.29) is 17.5 Å². The van der Waals surface area contributed by atoms with Crippen LogP contribution < -0.4 is 5.32 Å². The Morgan fingerprint density at radius 1 is 1.27 bits per heavy atom. The zero-order chi connectivity index (χ0) is 18.5. The number of aryl methyl sites for hydroxylation is 1. The van der Waals surface area contributed by atoms with Gasteiger partial charge in [-0.2, -0.15) is 5.26 Å². The second-order valence-corrected chi connectivity index (χ2v) is 7.52. The van der Waals surface area contributed by atoms with Crippen molar-refractivity contribution in [2.24, 2.45) is 0 Å². The van der Waals surface area contributed by atoms with Crippen LogP contribution in [0.2, 0.25) is 0 Å². The molecule has 5 heteroatoms. The van der Waals surface area contributed by atoms with Gasteiger partial charge in [0.2, 0.25) is 0 Å². The minimum atomic E-state index is -0.325. The van der Waals surface area contributed by atoms with Gasteiger partial charge >= 0.3 is 0 Å². The molecule has 2 aromatic rings. The van der Waals surface area contributed by atoms with Crippen LogP contribution >= 0.6 is 15.9 Å². The first kappa shape index (κ1) is 18.5. The van der Waals surface area contributed by atoms with Gasteiger partial charge in [-0.1, -0.05) is 41.3 Å². The van der Waals surface area contributed by atoms with Gasteiger partial charge in [0.05, 0.1) is 0 Å². The molecule has 3 rings (SSSR count). The SMILES string of the molecule is Cc1ccc(-c2ccc(/C=C(\C#N)C(=O)NC3CCCCC3)o2)c(Br)c1. The van der Waals surface area contributed by atoms with E-state index in [1.807, 2.05) is 37.3 Å². The molecule has 0 bridgehead atoms. The fraction of sp³-hybridized carbons (Fsp3) is 0.333. The van der Waals surface area contributed by atoms with Crippen molar-refractivity contribution >= 4 is 27.9 Å². The Morgan fingerprint density at radius 2 is 2.04 bits per heavy atom. The largest absolute Gasteiger partial charge is 0.457 e. The molecule has 4 nitrogen and oxygen atoms in total. The number of nitriles is 1. The number of furan rings is 1. The predicted octanol–water partition coefficient (Wildman–Crippen LogP) is 5.37. The number of benzene rings is 1. The van der Waals surface area contributed by atoms with Gasteiger partial charge in [-0.15, -0.1) is 0 Å². The van der Waals surface area contributed by atoms with Gasteiger partial charge in [-0.05, 0) is 49.6 Å². The summed E-state index contributed by atoms with van der Waals surface area (Å²) in [7, 11) is 0. The molecule has 0 aliphatic heterocycles. The molecular formula is C21H21BrN2O2. The van der Waals surface area contributed by atoms with Gasteiger partial charge < -0.3 is 9.73 Å². The normalized spacial score (nSPS) is 15.5. The lowest BCUT2D eigenvalue weighted by Crippen LogP contribution is -2.36. The number of hydrogen-bond donors (Lipinski definition) is 1. The first-order valence-corrected chi connectivity index (χ1v) is 9.65. The van der Waals surface area contributed by atoms with Gasteiger partial charge in [0.15, 0.2) is 0 Å². The van der Waals surface area contributed by atoms with E-state index in [1.54, 1.807) is 6.07 Å². The molecule has 1 saturated carbocycles. The molecule has 1 aromatic carbocycles. The van der Waals surface area contributed by atoms with Crippen LogP contribution in [0.4, 0.5) is 0 Å². The monoisotopic (exact) mass is 412 g/mol. The third-order valence-electron chi connectivity index (χ3n) is 4.61. The average molecular weight is 413 g/mol. The number of halogens is 1. The van der Waals surface area contributed by atoms with Gasteiger partial charge in [-0.25, -0.2) is 0 Å². The van der Waals surface area contributed by atoms with E-state index in [2.05, 4.69) is 21.2 Å². The number of amides is 1. The molecule has 0 unspecified atom stereocenters. The van der Waals surface area contributed by atoms with Crippen LogP contribution in [0, 0.1) is 18.3 Å². The Balaban J connectivity index is 1.76. The molecule has 0 radical (unpaired) electrons. The van der Waals surface area contributed by atoms with Crippen molar-refractivity contribution in [3.05, 3.63) is 51.7 Å². The number of nitrogens with one attached hydrogen (secondary N) is 1. The van der Waals surface area contributed by atoms with Crippen LogP contribution in [-0.4, -0.2) is 11.9 Å². The summed E-state index contributed by atoms with van der Waals surface area (Å²) in [5, 5.41) is 12.3. The Kier molecular flexibility index (Phi) is 5.95. The molecule has 1 aliphatic rings. The lowest BCUT2D eigenvalue weighted by atomic mass is 9.95. The van der Waals surface area contributed by atoms with Crippen LogP contribution in [-0.2, 0) is 4.79 Å². The molecule has 26 heavy (non-hydrogen) atoms. The predicted molar refractivity (Wildman–Crippen MR) is 105 cm³/mol. The lowest BCUT2D eigenvalue weighted by Gasteiger charge is -2.22. The van der Waals surface area contributed by atoms with E-state index in [9.17, 15) is 10.1 Å². The van der Waals surface area contributed by atoms with E-state index in [0.29, 0.717) is 11.5 Å². The van der Waals surface area contributed by atoms with Gasteiger partial charge in [-0.3, -0.25) is 4.79 Å². The smallest absolute Gasteiger partial charge is 0.262 e. The van der Waals surface area contributed by atoms with Crippen molar-refractivity contribution < 1.29 is 9.21 Å². The fourth-order valence-electron chi connectivity index (χ4n) is 3.20. The van der Waals surface area contributed by atoms with Crippen LogP contribution in [0.5, 0.6) is 0 Å². The molecule has 0 atom stereocenters. The van der Waals surface area contributed by atoms with Crippen molar-refractivity contribution in [1.29, 1.82) is 5.26 Å². The maximum atomic E-state index is 12.4. The zero-order valence-corrected chi connectivity index (χ0v) is 16.3. The Bertz CT molecular complexity index is 870. The molecule has 1 fully saturated rings. The van der Waals surface area contributed by atoms with E-state index >= 15 is 0 Å². The highest BCUT2D eigenvalue weighted by atomic mass is 79.9. The van der Waals surface area contributed by atoms with Crippen LogP contribution in [0.25, 0.3) is 17.4 Å². The number of rotatable bonds is 4. The number of carbonyl (C=O) groups excluding carboxylic acids is 1. The Labute approximate surface area is 162 Å². The van der Waals surface area contributed by atoms with Crippen LogP contribution in [0.1, 0.15) is 43.4 Å². The third-order valence-corrected chi connectivity index (χ3v) is 5.26. The summed E-state index contributed by atoms with van der Waals surface area (Å²) in [6, 6.07) is 11.8. The van der Waals surface area contributed by atoms with Crippen molar-refractivity contribution in [1.82, 2.24) is 5.32 Å². The highest BCUT2D eigenvalue weighted by Gasteiger charge is 2.18. The van der Waals surface area contributed by atoms with Crippen molar-refractivity contribution in [2.75, 3.05) is 0 Å². The number of carbonyl (C=O) groups is 1. The molecular weight excluding hydrogens is 392 g/mol. The molecule has 1 amide bonds. The summed E-state index contributed by atoms with van der Waals surface area (Å²) < 4.78 is 6.77. The van der Waals surface area contributed by atoms with E-state index < -0.39 is 0 Å². The Morgan fingerprint density at radius 3 is 2.73 bits per heavy atom. The topological polar surface area (TPSA) is 66.0 Å². The summed E-state index contributed by atoms with van der Waals surface area (Å²) in [4.78, 5) is 12.4. The molecule has 1 heterocycles. The lowest BCUT2D eigenvalue weighted by molar-refractivity contribution is -0.117. The number of nitrogens with zero attached hydrogens (tertiary/aromatic N) is 1. The van der Waals surface area contributed by atoms with Gasteiger partial charge in [0.25, 0.3) is 5.91 Å². The fourth-order valence-corrected chi connectivity index (χ4v) is 3.88.